The van der Waals surface area contributed by atoms with Gasteiger partial charge in [-0.25, -0.2) is 4.98 Å². The molecule has 0 bridgehead atoms. The van der Waals surface area contributed by atoms with Crippen LogP contribution < -0.4 is 10.3 Å². The van der Waals surface area contributed by atoms with Crippen LogP contribution in [-0.2, 0) is 0 Å². The number of carbonyl (C=O) groups is 1. The minimum atomic E-state index is -0.442. The molecule has 34 heavy (non-hydrogen) atoms. The molecule has 1 heterocycles. The second kappa shape index (κ2) is 9.91. The van der Waals surface area contributed by atoms with Gasteiger partial charge >= 0.3 is 0 Å². The van der Waals surface area contributed by atoms with Crippen molar-refractivity contribution in [1.82, 2.24) is 14.5 Å². The summed E-state index contributed by atoms with van der Waals surface area (Å²) in [4.78, 5) is 33.7. The van der Waals surface area contributed by atoms with E-state index < -0.39 is 6.04 Å². The predicted molar refractivity (Wildman–Crippen MR) is 135 cm³/mol. The average molecular weight is 456 g/mol. The molecular formula is C28H29N3O3. The van der Waals surface area contributed by atoms with Crippen molar-refractivity contribution in [2.75, 3.05) is 13.2 Å². The van der Waals surface area contributed by atoms with Gasteiger partial charge in [0.05, 0.1) is 29.2 Å². The molecular weight excluding hydrogens is 426 g/mol. The Balaban J connectivity index is 1.85. The molecule has 1 unspecified atom stereocenters. The number of benzene rings is 3. The first-order chi connectivity index (χ1) is 16.4. The van der Waals surface area contributed by atoms with E-state index in [0.717, 1.165) is 11.3 Å². The third-order valence-corrected chi connectivity index (χ3v) is 5.95. The van der Waals surface area contributed by atoms with Crippen molar-refractivity contribution in [3.05, 3.63) is 100 Å². The maximum atomic E-state index is 13.6. The van der Waals surface area contributed by atoms with Crippen LogP contribution in [0.15, 0.2) is 77.6 Å². The second-order valence-corrected chi connectivity index (χ2v) is 8.19. The minimum absolute atomic E-state index is 0.101. The normalized spacial score (nSPS) is 11.9. The van der Waals surface area contributed by atoms with Gasteiger partial charge < -0.3 is 9.64 Å². The molecule has 4 rings (SSSR count). The van der Waals surface area contributed by atoms with Crippen molar-refractivity contribution >= 4 is 16.8 Å². The lowest BCUT2D eigenvalue weighted by Gasteiger charge is -2.29. The third kappa shape index (κ3) is 4.44. The third-order valence-electron chi connectivity index (χ3n) is 5.95. The van der Waals surface area contributed by atoms with Crippen LogP contribution in [0.1, 0.15) is 48.6 Å². The number of hydrogen-bond donors (Lipinski definition) is 0. The molecule has 1 amide bonds. The number of amides is 1. The van der Waals surface area contributed by atoms with Gasteiger partial charge in [-0.2, -0.15) is 0 Å². The lowest BCUT2D eigenvalue weighted by Crippen LogP contribution is -2.37. The molecule has 0 aliphatic rings. The number of aryl methyl sites for hydroxylation is 1. The molecule has 0 saturated heterocycles. The number of fused-ring (bicyclic) bond motifs is 1. The van der Waals surface area contributed by atoms with Crippen molar-refractivity contribution < 1.29 is 9.53 Å². The summed E-state index contributed by atoms with van der Waals surface area (Å²) in [5, 5.41) is 0.528. The highest BCUT2D eigenvalue weighted by Gasteiger charge is 2.26. The van der Waals surface area contributed by atoms with Crippen LogP contribution in [0.3, 0.4) is 0 Å². The summed E-state index contributed by atoms with van der Waals surface area (Å²) in [5.41, 5.74) is 2.81. The van der Waals surface area contributed by atoms with Crippen molar-refractivity contribution in [3.63, 3.8) is 0 Å². The van der Waals surface area contributed by atoms with E-state index in [0.29, 0.717) is 41.1 Å². The lowest BCUT2D eigenvalue weighted by molar-refractivity contribution is 0.0693. The maximum absolute atomic E-state index is 13.6. The van der Waals surface area contributed by atoms with Gasteiger partial charge in [-0.15, -0.1) is 0 Å². The van der Waals surface area contributed by atoms with Gasteiger partial charge in [0, 0.05) is 12.1 Å². The monoisotopic (exact) mass is 455 g/mol. The molecule has 0 N–H and O–H groups in total. The summed E-state index contributed by atoms with van der Waals surface area (Å²) in [6.07, 6.45) is 0. The molecule has 6 nitrogen and oxygen atoms in total. The number of ether oxygens (including phenoxy) is 1. The molecule has 3 aromatic carbocycles. The summed E-state index contributed by atoms with van der Waals surface area (Å²) < 4.78 is 7.17. The molecule has 0 aliphatic carbocycles. The Morgan fingerprint density at radius 1 is 1.00 bits per heavy atom. The Hall–Kier alpha value is -3.93. The Labute approximate surface area is 199 Å². The van der Waals surface area contributed by atoms with E-state index in [1.807, 2.05) is 94.4 Å². The number of rotatable bonds is 7. The Bertz CT molecular complexity index is 1360. The van der Waals surface area contributed by atoms with Crippen LogP contribution in [0.25, 0.3) is 16.6 Å². The van der Waals surface area contributed by atoms with Gasteiger partial charge in [0.2, 0.25) is 0 Å². The number of para-hydroxylation sites is 1. The molecule has 0 fully saturated rings. The van der Waals surface area contributed by atoms with Crippen LogP contribution in [0.4, 0.5) is 0 Å². The minimum Gasteiger partial charge on any atom is -0.494 e. The Morgan fingerprint density at radius 3 is 2.32 bits per heavy atom. The Morgan fingerprint density at radius 2 is 1.68 bits per heavy atom. The van der Waals surface area contributed by atoms with E-state index >= 15 is 0 Å². The summed E-state index contributed by atoms with van der Waals surface area (Å²) in [5.74, 6) is 1.14. The summed E-state index contributed by atoms with van der Waals surface area (Å²) in [7, 11) is 0. The highest BCUT2D eigenvalue weighted by Crippen LogP contribution is 2.25. The number of hydrogen-bond acceptors (Lipinski definition) is 4. The summed E-state index contributed by atoms with van der Waals surface area (Å²) in [6.45, 7) is 8.80. The van der Waals surface area contributed by atoms with E-state index in [9.17, 15) is 9.59 Å². The van der Waals surface area contributed by atoms with Crippen molar-refractivity contribution in [2.24, 2.45) is 0 Å². The molecule has 4 aromatic rings. The number of nitrogens with zero attached hydrogens (tertiary/aromatic N) is 3. The van der Waals surface area contributed by atoms with E-state index in [1.54, 1.807) is 15.5 Å². The Kier molecular flexibility index (Phi) is 6.77. The molecule has 0 radical (unpaired) electrons. The van der Waals surface area contributed by atoms with Gasteiger partial charge in [-0.3, -0.25) is 14.2 Å². The smallest absolute Gasteiger partial charge is 0.266 e. The summed E-state index contributed by atoms with van der Waals surface area (Å²) >= 11 is 0. The highest BCUT2D eigenvalue weighted by atomic mass is 16.5. The molecule has 1 aromatic heterocycles. The van der Waals surface area contributed by atoms with E-state index in [-0.39, 0.29) is 11.5 Å². The zero-order valence-electron chi connectivity index (χ0n) is 20.0. The van der Waals surface area contributed by atoms with E-state index in [2.05, 4.69) is 0 Å². The SMILES string of the molecule is CCOc1ccc(-n2c(C(C)N(CC)C(=O)c3ccc(C)cc3)nc3ccccc3c2=O)cc1. The van der Waals surface area contributed by atoms with Crippen LogP contribution in [0, 0.1) is 6.92 Å². The van der Waals surface area contributed by atoms with Gasteiger partial charge in [0.15, 0.2) is 0 Å². The van der Waals surface area contributed by atoms with E-state index in [4.69, 9.17) is 9.72 Å². The van der Waals surface area contributed by atoms with Gasteiger partial charge in [-0.05, 0) is 76.2 Å². The molecule has 174 valence electrons. The molecule has 1 atom stereocenters. The lowest BCUT2D eigenvalue weighted by atomic mass is 10.1. The van der Waals surface area contributed by atoms with Crippen LogP contribution in [-0.4, -0.2) is 33.5 Å². The second-order valence-electron chi connectivity index (χ2n) is 8.19. The van der Waals surface area contributed by atoms with Crippen molar-refractivity contribution in [1.29, 1.82) is 0 Å². The topological polar surface area (TPSA) is 64.4 Å². The maximum Gasteiger partial charge on any atom is 0.266 e. The largest absolute Gasteiger partial charge is 0.494 e. The molecule has 0 spiro atoms. The molecule has 0 aliphatic heterocycles. The standard InChI is InChI=1S/C28H29N3O3/c1-5-30(27(32)21-13-11-19(3)12-14-21)20(4)26-29-25-10-8-7-9-24(25)28(33)31(26)22-15-17-23(18-16-22)34-6-2/h7-18,20H,5-6H2,1-4H3. The fourth-order valence-electron chi connectivity index (χ4n) is 4.13. The summed E-state index contributed by atoms with van der Waals surface area (Å²) in [6, 6.07) is 21.7. The van der Waals surface area contributed by atoms with Crippen molar-refractivity contribution in [2.45, 2.75) is 33.7 Å². The predicted octanol–water partition coefficient (Wildman–Crippen LogP) is 5.32. The first-order valence-electron chi connectivity index (χ1n) is 11.6. The zero-order chi connectivity index (χ0) is 24.2. The quantitative estimate of drug-likeness (QED) is 0.379. The van der Waals surface area contributed by atoms with Gasteiger partial charge in [0.1, 0.15) is 11.6 Å². The average Bonchev–Trinajstić information content (AvgIpc) is 2.85. The molecule has 0 saturated carbocycles. The fourth-order valence-corrected chi connectivity index (χ4v) is 4.13. The van der Waals surface area contributed by atoms with Crippen molar-refractivity contribution in [3.8, 4) is 11.4 Å². The number of carbonyl (C=O) groups excluding carboxylic acids is 1. The van der Waals surface area contributed by atoms with Crippen LogP contribution >= 0.6 is 0 Å². The van der Waals surface area contributed by atoms with Crippen LogP contribution in [0.5, 0.6) is 5.75 Å². The van der Waals surface area contributed by atoms with Crippen LogP contribution in [0.2, 0.25) is 0 Å². The van der Waals surface area contributed by atoms with Gasteiger partial charge in [0.25, 0.3) is 11.5 Å². The first kappa shape index (κ1) is 23.2. The zero-order valence-corrected chi connectivity index (χ0v) is 20.0. The number of aromatic nitrogens is 2. The van der Waals surface area contributed by atoms with E-state index in [1.165, 1.54) is 0 Å². The van der Waals surface area contributed by atoms with Gasteiger partial charge in [-0.1, -0.05) is 29.8 Å². The molecule has 6 heteroatoms. The fraction of sp³-hybridized carbons (Fsp3) is 0.250. The first-order valence-corrected chi connectivity index (χ1v) is 11.6. The highest BCUT2D eigenvalue weighted by molar-refractivity contribution is 5.94.